The average Bonchev–Trinajstić information content (AvgIpc) is 3.28. The highest BCUT2D eigenvalue weighted by Crippen LogP contribution is 2.27. The summed E-state index contributed by atoms with van der Waals surface area (Å²) in [5.41, 5.74) is 1.51. The zero-order valence-electron chi connectivity index (χ0n) is 14.4. The van der Waals surface area contributed by atoms with Gasteiger partial charge in [0.2, 0.25) is 11.8 Å². The second-order valence-corrected chi connectivity index (χ2v) is 6.62. The number of nitrogens with one attached hydrogen (secondary N) is 2. The van der Waals surface area contributed by atoms with E-state index in [-0.39, 0.29) is 11.8 Å². The van der Waals surface area contributed by atoms with Crippen LogP contribution >= 0.6 is 0 Å². The molecular formula is C19H24N4O2. The molecule has 6 heteroatoms. The maximum atomic E-state index is 12.5. The standard InChI is InChI=1S/C19H24N4O2/c1-14(21-18(24)12-15-6-2-3-7-15)19(25)22-16-8-4-5-9-17(16)23-11-10-20-13-23/h4-5,8-11,13-15H,2-3,6-7,12H2,1H3,(H,21,24)(H,22,25). The normalized spacial score (nSPS) is 15.7. The van der Waals surface area contributed by atoms with Crippen molar-refractivity contribution in [1.82, 2.24) is 14.9 Å². The van der Waals surface area contributed by atoms with Gasteiger partial charge in [0.15, 0.2) is 0 Å². The van der Waals surface area contributed by atoms with Crippen molar-refractivity contribution in [3.8, 4) is 5.69 Å². The number of imidazole rings is 1. The van der Waals surface area contributed by atoms with Gasteiger partial charge in [0.25, 0.3) is 0 Å². The molecule has 1 aliphatic carbocycles. The van der Waals surface area contributed by atoms with Crippen molar-refractivity contribution in [3.05, 3.63) is 43.0 Å². The number of nitrogens with zero attached hydrogens (tertiary/aromatic N) is 2. The lowest BCUT2D eigenvalue weighted by molar-refractivity contribution is -0.126. The van der Waals surface area contributed by atoms with E-state index in [1.54, 1.807) is 19.4 Å². The predicted octanol–water partition coefficient (Wildman–Crippen LogP) is 2.90. The Morgan fingerprint density at radius 2 is 2.04 bits per heavy atom. The molecule has 1 aromatic carbocycles. The molecule has 1 heterocycles. The van der Waals surface area contributed by atoms with Crippen LogP contribution in [0.5, 0.6) is 0 Å². The lowest BCUT2D eigenvalue weighted by atomic mass is 10.0. The number of benzene rings is 1. The predicted molar refractivity (Wildman–Crippen MR) is 96.4 cm³/mol. The molecule has 0 radical (unpaired) electrons. The molecule has 25 heavy (non-hydrogen) atoms. The Morgan fingerprint density at radius 3 is 2.76 bits per heavy atom. The van der Waals surface area contributed by atoms with Crippen LogP contribution in [0.3, 0.4) is 0 Å². The third kappa shape index (κ3) is 4.47. The fourth-order valence-corrected chi connectivity index (χ4v) is 3.29. The van der Waals surface area contributed by atoms with Crippen LogP contribution in [0.1, 0.15) is 39.0 Å². The monoisotopic (exact) mass is 340 g/mol. The first-order chi connectivity index (χ1) is 12.1. The van der Waals surface area contributed by atoms with Gasteiger partial charge in [0.05, 0.1) is 17.7 Å². The minimum atomic E-state index is -0.579. The van der Waals surface area contributed by atoms with Crippen molar-refractivity contribution in [2.75, 3.05) is 5.32 Å². The van der Waals surface area contributed by atoms with E-state index in [0.717, 1.165) is 18.5 Å². The number of hydrogen-bond donors (Lipinski definition) is 2. The number of rotatable bonds is 6. The molecule has 1 unspecified atom stereocenters. The van der Waals surface area contributed by atoms with Gasteiger partial charge in [-0.3, -0.25) is 9.59 Å². The largest absolute Gasteiger partial charge is 0.345 e. The minimum absolute atomic E-state index is 0.0440. The average molecular weight is 340 g/mol. The second kappa shape index (κ2) is 7.96. The third-order valence-electron chi connectivity index (χ3n) is 4.66. The van der Waals surface area contributed by atoms with Crippen LogP contribution in [0.4, 0.5) is 5.69 Å². The smallest absolute Gasteiger partial charge is 0.246 e. The molecule has 1 aliphatic rings. The first-order valence-corrected chi connectivity index (χ1v) is 8.81. The Hall–Kier alpha value is -2.63. The third-order valence-corrected chi connectivity index (χ3v) is 4.66. The van der Waals surface area contributed by atoms with Crippen molar-refractivity contribution in [2.24, 2.45) is 5.92 Å². The Morgan fingerprint density at radius 1 is 1.28 bits per heavy atom. The molecule has 132 valence electrons. The van der Waals surface area contributed by atoms with E-state index in [1.165, 1.54) is 12.8 Å². The molecule has 0 spiro atoms. The Labute approximate surface area is 147 Å². The van der Waals surface area contributed by atoms with E-state index < -0.39 is 6.04 Å². The number of aromatic nitrogens is 2. The zero-order valence-corrected chi connectivity index (χ0v) is 14.4. The molecule has 2 N–H and O–H groups in total. The number of carbonyl (C=O) groups excluding carboxylic acids is 2. The summed E-state index contributed by atoms with van der Waals surface area (Å²) in [5, 5.41) is 5.71. The van der Waals surface area contributed by atoms with Crippen molar-refractivity contribution >= 4 is 17.5 Å². The van der Waals surface area contributed by atoms with Gasteiger partial charge >= 0.3 is 0 Å². The summed E-state index contributed by atoms with van der Waals surface area (Å²) in [6.07, 6.45) is 10.3. The van der Waals surface area contributed by atoms with Crippen LogP contribution in [-0.2, 0) is 9.59 Å². The van der Waals surface area contributed by atoms with Gasteiger partial charge in [-0.25, -0.2) is 4.98 Å². The zero-order chi connectivity index (χ0) is 17.6. The number of hydrogen-bond acceptors (Lipinski definition) is 3. The van der Waals surface area contributed by atoms with Crippen molar-refractivity contribution in [3.63, 3.8) is 0 Å². The van der Waals surface area contributed by atoms with E-state index in [4.69, 9.17) is 0 Å². The Balaban J connectivity index is 1.59. The van der Waals surface area contributed by atoms with Gasteiger partial charge in [-0.1, -0.05) is 25.0 Å². The highest BCUT2D eigenvalue weighted by molar-refractivity contribution is 5.98. The van der Waals surface area contributed by atoms with Gasteiger partial charge in [-0.2, -0.15) is 0 Å². The van der Waals surface area contributed by atoms with Crippen molar-refractivity contribution in [2.45, 2.75) is 45.1 Å². The van der Waals surface area contributed by atoms with Gasteiger partial charge < -0.3 is 15.2 Å². The molecule has 1 fully saturated rings. The molecule has 6 nitrogen and oxygen atoms in total. The SMILES string of the molecule is CC(NC(=O)CC1CCCC1)C(=O)Nc1ccccc1-n1ccnc1. The maximum Gasteiger partial charge on any atom is 0.246 e. The minimum Gasteiger partial charge on any atom is -0.345 e. The molecule has 0 saturated heterocycles. The summed E-state index contributed by atoms with van der Waals surface area (Å²) < 4.78 is 1.83. The van der Waals surface area contributed by atoms with E-state index in [2.05, 4.69) is 15.6 Å². The summed E-state index contributed by atoms with van der Waals surface area (Å²) in [6, 6.07) is 6.92. The molecule has 1 atom stereocenters. The summed E-state index contributed by atoms with van der Waals surface area (Å²) >= 11 is 0. The van der Waals surface area contributed by atoms with Crippen LogP contribution in [0.25, 0.3) is 5.69 Å². The van der Waals surface area contributed by atoms with Crippen molar-refractivity contribution < 1.29 is 9.59 Å². The highest BCUT2D eigenvalue weighted by Gasteiger charge is 2.21. The summed E-state index contributed by atoms with van der Waals surface area (Å²) in [6.45, 7) is 1.71. The number of carbonyl (C=O) groups is 2. The summed E-state index contributed by atoms with van der Waals surface area (Å²) in [7, 11) is 0. The van der Waals surface area contributed by atoms with Gasteiger partial charge in [0, 0.05) is 18.8 Å². The van der Waals surface area contributed by atoms with Crippen LogP contribution in [0, 0.1) is 5.92 Å². The molecule has 1 saturated carbocycles. The molecule has 1 aromatic heterocycles. The number of anilines is 1. The van der Waals surface area contributed by atoms with Crippen LogP contribution in [0.15, 0.2) is 43.0 Å². The number of amides is 2. The first-order valence-electron chi connectivity index (χ1n) is 8.81. The Bertz CT molecular complexity index is 721. The maximum absolute atomic E-state index is 12.5. The lowest BCUT2D eigenvalue weighted by Gasteiger charge is -2.17. The second-order valence-electron chi connectivity index (χ2n) is 6.62. The van der Waals surface area contributed by atoms with Crippen LogP contribution in [-0.4, -0.2) is 27.4 Å². The lowest BCUT2D eigenvalue weighted by Crippen LogP contribution is -2.42. The van der Waals surface area contributed by atoms with Crippen LogP contribution < -0.4 is 10.6 Å². The van der Waals surface area contributed by atoms with E-state index in [9.17, 15) is 9.59 Å². The highest BCUT2D eigenvalue weighted by atomic mass is 16.2. The first kappa shape index (κ1) is 17.2. The quantitative estimate of drug-likeness (QED) is 0.849. The summed E-state index contributed by atoms with van der Waals surface area (Å²) in [5.74, 6) is 0.196. The molecule has 2 amide bonds. The van der Waals surface area contributed by atoms with E-state index >= 15 is 0 Å². The van der Waals surface area contributed by atoms with Gasteiger partial charge in [-0.15, -0.1) is 0 Å². The number of para-hydroxylation sites is 2. The fourth-order valence-electron chi connectivity index (χ4n) is 3.29. The van der Waals surface area contributed by atoms with E-state index in [1.807, 2.05) is 35.0 Å². The Kier molecular flexibility index (Phi) is 5.48. The molecule has 0 aliphatic heterocycles. The fraction of sp³-hybridized carbons (Fsp3) is 0.421. The molecular weight excluding hydrogens is 316 g/mol. The molecule has 0 bridgehead atoms. The van der Waals surface area contributed by atoms with E-state index in [0.29, 0.717) is 18.0 Å². The van der Waals surface area contributed by atoms with Gasteiger partial charge in [-0.05, 0) is 37.8 Å². The molecule has 2 aromatic rings. The topological polar surface area (TPSA) is 76.0 Å². The summed E-state index contributed by atoms with van der Waals surface area (Å²) in [4.78, 5) is 28.6. The van der Waals surface area contributed by atoms with Gasteiger partial charge in [0.1, 0.15) is 6.04 Å². The van der Waals surface area contributed by atoms with Crippen LogP contribution in [0.2, 0.25) is 0 Å². The van der Waals surface area contributed by atoms with Crippen molar-refractivity contribution in [1.29, 1.82) is 0 Å². The molecule has 3 rings (SSSR count).